The van der Waals surface area contributed by atoms with E-state index in [4.69, 9.17) is 11.6 Å². The average molecular weight is 446 g/mol. The van der Waals surface area contributed by atoms with Gasteiger partial charge in [-0.15, -0.1) is 0 Å². The quantitative estimate of drug-likeness (QED) is 0.425. The Labute approximate surface area is 186 Å². The summed E-state index contributed by atoms with van der Waals surface area (Å²) in [5.41, 5.74) is 1.10. The van der Waals surface area contributed by atoms with E-state index in [1.54, 1.807) is 24.3 Å². The number of fused-ring (bicyclic) bond motifs is 1. The predicted molar refractivity (Wildman–Crippen MR) is 118 cm³/mol. The van der Waals surface area contributed by atoms with Gasteiger partial charge in [-0.3, -0.25) is 14.9 Å². The monoisotopic (exact) mass is 445 g/mol. The molecule has 0 radical (unpaired) electrons. The van der Waals surface area contributed by atoms with Crippen molar-refractivity contribution in [2.75, 3.05) is 6.54 Å². The number of carbonyl (C=O) groups is 2. The van der Waals surface area contributed by atoms with E-state index in [1.165, 1.54) is 0 Å². The molecule has 3 rings (SSSR count). The number of H-pyrrole nitrogens is 1. The van der Waals surface area contributed by atoms with E-state index < -0.39 is 30.1 Å². The highest BCUT2D eigenvalue weighted by molar-refractivity contribution is 6.31. The maximum Gasteiger partial charge on any atom is 0.268 e. The van der Waals surface area contributed by atoms with Gasteiger partial charge in [0.25, 0.3) is 5.91 Å². The fourth-order valence-electron chi connectivity index (χ4n) is 3.87. The highest BCUT2D eigenvalue weighted by atomic mass is 35.5. The van der Waals surface area contributed by atoms with E-state index in [1.807, 2.05) is 13.8 Å². The molecular weight excluding hydrogens is 418 g/mol. The third-order valence-corrected chi connectivity index (χ3v) is 5.72. The number of nitrogens with one attached hydrogen (secondary N) is 4. The van der Waals surface area contributed by atoms with Gasteiger partial charge in [0.1, 0.15) is 24.0 Å². The Hall–Kier alpha value is -2.60. The van der Waals surface area contributed by atoms with E-state index in [9.17, 15) is 20.0 Å². The molecule has 1 unspecified atom stereocenters. The number of nitrogens with zero attached hydrogens (tertiary/aromatic N) is 1. The van der Waals surface area contributed by atoms with Gasteiger partial charge in [0, 0.05) is 21.8 Å². The van der Waals surface area contributed by atoms with Crippen LogP contribution in [0.4, 0.5) is 0 Å². The van der Waals surface area contributed by atoms with Crippen molar-refractivity contribution in [3.05, 3.63) is 35.0 Å². The number of aromatic nitrogens is 1. The van der Waals surface area contributed by atoms with Gasteiger partial charge in [-0.2, -0.15) is 5.26 Å². The summed E-state index contributed by atoms with van der Waals surface area (Å²) in [4.78, 5) is 28.8. The van der Waals surface area contributed by atoms with Gasteiger partial charge in [0.05, 0.1) is 6.07 Å². The Bertz CT molecular complexity index is 983. The summed E-state index contributed by atoms with van der Waals surface area (Å²) in [5.74, 6) is -0.759. The highest BCUT2D eigenvalue weighted by Gasteiger charge is 2.30. The van der Waals surface area contributed by atoms with E-state index in [0.29, 0.717) is 30.1 Å². The number of nitriles is 1. The fourth-order valence-corrected chi connectivity index (χ4v) is 4.05. The fraction of sp³-hybridized carbons (Fsp3) is 0.500. The van der Waals surface area contributed by atoms with Crippen molar-refractivity contribution in [2.45, 2.75) is 51.4 Å². The second-order valence-electron chi connectivity index (χ2n) is 8.44. The Balaban J connectivity index is 1.68. The number of aromatic amines is 1. The van der Waals surface area contributed by atoms with Gasteiger partial charge in [0.2, 0.25) is 5.91 Å². The zero-order valence-corrected chi connectivity index (χ0v) is 18.4. The minimum absolute atomic E-state index is 0.0961. The third kappa shape index (κ3) is 5.97. The van der Waals surface area contributed by atoms with Crippen LogP contribution in [0.5, 0.6) is 0 Å². The lowest BCUT2D eigenvalue weighted by Crippen LogP contribution is -2.50. The van der Waals surface area contributed by atoms with Gasteiger partial charge in [-0.05, 0) is 56.0 Å². The SMILES string of the molecule is CC(C)C[C@H](NC(=O)c1cc2cc(Cl)ccc2[nH]1)C(=O)N[C@H](C#N)C[C@@H]1CCNC1O. The molecule has 1 aliphatic rings. The van der Waals surface area contributed by atoms with Gasteiger partial charge in [0.15, 0.2) is 0 Å². The summed E-state index contributed by atoms with van der Waals surface area (Å²) in [5, 5.41) is 29.2. The molecule has 1 aromatic carbocycles. The molecule has 0 bridgehead atoms. The molecule has 8 nitrogen and oxygen atoms in total. The molecule has 0 spiro atoms. The number of halogens is 1. The van der Waals surface area contributed by atoms with Crippen molar-refractivity contribution < 1.29 is 14.7 Å². The lowest BCUT2D eigenvalue weighted by molar-refractivity contribution is -0.123. The topological polar surface area (TPSA) is 130 Å². The largest absolute Gasteiger partial charge is 0.378 e. The van der Waals surface area contributed by atoms with Crippen LogP contribution in [0.1, 0.15) is 43.6 Å². The minimum atomic E-state index is -0.787. The first kappa shape index (κ1) is 23.1. The Morgan fingerprint density at radius 1 is 1.32 bits per heavy atom. The van der Waals surface area contributed by atoms with E-state index in [2.05, 4.69) is 27.0 Å². The van der Waals surface area contributed by atoms with Gasteiger partial charge < -0.3 is 20.7 Å². The average Bonchev–Trinajstić information content (AvgIpc) is 3.32. The molecule has 31 heavy (non-hydrogen) atoms. The van der Waals surface area contributed by atoms with Crippen LogP contribution in [-0.2, 0) is 4.79 Å². The zero-order valence-electron chi connectivity index (χ0n) is 17.6. The van der Waals surface area contributed by atoms with Gasteiger partial charge >= 0.3 is 0 Å². The number of amides is 2. The molecule has 5 N–H and O–H groups in total. The second kappa shape index (κ2) is 10.1. The maximum atomic E-state index is 12.9. The lowest BCUT2D eigenvalue weighted by Gasteiger charge is -2.23. The summed E-state index contributed by atoms with van der Waals surface area (Å²) >= 11 is 6.01. The number of rotatable bonds is 8. The first-order valence-corrected chi connectivity index (χ1v) is 10.8. The van der Waals surface area contributed by atoms with Crippen molar-refractivity contribution in [3.8, 4) is 6.07 Å². The highest BCUT2D eigenvalue weighted by Crippen LogP contribution is 2.21. The second-order valence-corrected chi connectivity index (χ2v) is 8.88. The summed E-state index contributed by atoms with van der Waals surface area (Å²) in [7, 11) is 0. The van der Waals surface area contributed by atoms with Crippen LogP contribution in [0.3, 0.4) is 0 Å². The summed E-state index contributed by atoms with van der Waals surface area (Å²) < 4.78 is 0. The number of carbonyl (C=O) groups excluding carboxylic acids is 2. The molecule has 0 aliphatic carbocycles. The van der Waals surface area contributed by atoms with Gasteiger partial charge in [-0.25, -0.2) is 0 Å². The molecule has 166 valence electrons. The van der Waals surface area contributed by atoms with Crippen LogP contribution in [0.15, 0.2) is 24.3 Å². The number of benzene rings is 1. The molecule has 0 saturated carbocycles. The van der Waals surface area contributed by atoms with Crippen LogP contribution < -0.4 is 16.0 Å². The van der Waals surface area contributed by atoms with E-state index >= 15 is 0 Å². The van der Waals surface area contributed by atoms with Crippen molar-refractivity contribution in [1.82, 2.24) is 20.9 Å². The standard InChI is InChI=1S/C22H28ClN5O3/c1-12(2)7-18(21(30)26-16(11-24)9-13-5-6-25-20(13)29)28-22(31)19-10-14-8-15(23)3-4-17(14)27-19/h3-4,8,10,12-13,16,18,20,25,27,29H,5-7,9H2,1-2H3,(H,26,30)(H,28,31)/t13-,16-,18-,20?/m0/s1. The number of aliphatic hydroxyl groups excluding tert-OH is 1. The van der Waals surface area contributed by atoms with Crippen LogP contribution in [-0.4, -0.2) is 46.8 Å². The van der Waals surface area contributed by atoms with Crippen LogP contribution in [0.2, 0.25) is 5.02 Å². The Kier molecular flexibility index (Phi) is 7.55. The van der Waals surface area contributed by atoms with Crippen molar-refractivity contribution in [3.63, 3.8) is 0 Å². The molecule has 9 heteroatoms. The van der Waals surface area contributed by atoms with Crippen LogP contribution in [0, 0.1) is 23.2 Å². The Morgan fingerprint density at radius 3 is 2.74 bits per heavy atom. The van der Waals surface area contributed by atoms with E-state index in [0.717, 1.165) is 17.3 Å². The summed E-state index contributed by atoms with van der Waals surface area (Å²) in [6.45, 7) is 4.60. The molecule has 4 atom stereocenters. The molecule has 1 saturated heterocycles. The molecule has 2 heterocycles. The Morgan fingerprint density at radius 2 is 2.10 bits per heavy atom. The van der Waals surface area contributed by atoms with Crippen molar-refractivity contribution in [2.24, 2.45) is 11.8 Å². The van der Waals surface area contributed by atoms with Crippen LogP contribution >= 0.6 is 11.6 Å². The number of hydrogen-bond acceptors (Lipinski definition) is 5. The molecule has 2 amide bonds. The minimum Gasteiger partial charge on any atom is -0.378 e. The van der Waals surface area contributed by atoms with Crippen molar-refractivity contribution >= 4 is 34.3 Å². The maximum absolute atomic E-state index is 12.9. The van der Waals surface area contributed by atoms with Crippen LogP contribution in [0.25, 0.3) is 10.9 Å². The predicted octanol–water partition coefficient (Wildman–Crippen LogP) is 2.29. The summed E-state index contributed by atoms with van der Waals surface area (Å²) in [6, 6.07) is 7.53. The lowest BCUT2D eigenvalue weighted by atomic mass is 9.97. The van der Waals surface area contributed by atoms with Crippen molar-refractivity contribution in [1.29, 1.82) is 5.26 Å². The smallest absolute Gasteiger partial charge is 0.268 e. The number of hydrogen-bond donors (Lipinski definition) is 5. The summed E-state index contributed by atoms with van der Waals surface area (Å²) in [6.07, 6.45) is 0.845. The van der Waals surface area contributed by atoms with Gasteiger partial charge in [-0.1, -0.05) is 25.4 Å². The third-order valence-electron chi connectivity index (χ3n) is 5.48. The normalized spacial score (nSPS) is 20.4. The first-order chi connectivity index (χ1) is 14.8. The first-order valence-electron chi connectivity index (χ1n) is 10.5. The molecule has 2 aromatic rings. The molecule has 1 fully saturated rings. The molecule has 1 aromatic heterocycles. The molecular formula is C22H28ClN5O3. The zero-order chi connectivity index (χ0) is 22.5. The molecule has 1 aliphatic heterocycles. The number of aliphatic hydroxyl groups is 1. The van der Waals surface area contributed by atoms with E-state index in [-0.39, 0.29) is 11.8 Å².